The van der Waals surface area contributed by atoms with Crippen LogP contribution in [0.15, 0.2) is 35.4 Å². The largest absolute Gasteiger partial charge is 0.416 e. The fourth-order valence-corrected chi connectivity index (χ4v) is 2.71. The first-order valence-electron chi connectivity index (χ1n) is 8.56. The minimum absolute atomic E-state index is 0.0354. The summed E-state index contributed by atoms with van der Waals surface area (Å²) in [6, 6.07) is 2.59. The van der Waals surface area contributed by atoms with Gasteiger partial charge >= 0.3 is 11.9 Å². The van der Waals surface area contributed by atoms with E-state index in [1.165, 1.54) is 13.1 Å². The Morgan fingerprint density at radius 3 is 2.23 bits per heavy atom. The molecule has 2 atom stereocenters. The average molecular weight is 433 g/mol. The van der Waals surface area contributed by atoms with Gasteiger partial charge in [-0.3, -0.25) is 9.13 Å². The lowest BCUT2D eigenvalue weighted by Gasteiger charge is -2.14. The van der Waals surface area contributed by atoms with Crippen LogP contribution < -0.4 is 5.69 Å². The summed E-state index contributed by atoms with van der Waals surface area (Å²) in [6.45, 7) is 0.0677. The fraction of sp³-hybridized carbons (Fsp3) is 0.353. The molecule has 0 unspecified atom stereocenters. The van der Waals surface area contributed by atoms with Crippen LogP contribution in [0.3, 0.4) is 0 Å². The number of hydrogen-bond donors (Lipinski definition) is 2. The molecule has 0 bridgehead atoms. The number of halogens is 5. The van der Waals surface area contributed by atoms with Crippen molar-refractivity contribution in [1.82, 2.24) is 23.9 Å². The quantitative estimate of drug-likeness (QED) is 0.575. The third kappa shape index (κ3) is 4.57. The topological polar surface area (TPSA) is 98.1 Å². The summed E-state index contributed by atoms with van der Waals surface area (Å²) in [6.07, 6.45) is -6.54. The number of aliphatic hydroxyl groups is 2. The summed E-state index contributed by atoms with van der Waals surface area (Å²) in [7, 11) is 0. The van der Waals surface area contributed by atoms with Crippen molar-refractivity contribution in [3.63, 3.8) is 0 Å². The molecule has 2 heterocycles. The van der Waals surface area contributed by atoms with E-state index in [4.69, 9.17) is 5.11 Å². The molecule has 2 aromatic heterocycles. The molecule has 3 rings (SSSR count). The third-order valence-electron chi connectivity index (χ3n) is 4.12. The normalized spacial score (nSPS) is 14.1. The Kier molecular flexibility index (Phi) is 5.76. The summed E-state index contributed by atoms with van der Waals surface area (Å²) in [4.78, 5) is 16.3. The van der Waals surface area contributed by atoms with E-state index < -0.39 is 42.3 Å². The van der Waals surface area contributed by atoms with Crippen LogP contribution in [-0.4, -0.2) is 46.4 Å². The monoisotopic (exact) mass is 433 g/mol. The number of aliphatic hydroxyl groups excluding tert-OH is 2. The smallest absolute Gasteiger partial charge is 0.385 e. The van der Waals surface area contributed by atoms with Crippen molar-refractivity contribution in [2.24, 2.45) is 0 Å². The minimum atomic E-state index is -4.88. The van der Waals surface area contributed by atoms with E-state index in [1.807, 2.05) is 0 Å². The van der Waals surface area contributed by atoms with Crippen LogP contribution in [0.5, 0.6) is 0 Å². The maximum Gasteiger partial charge on any atom is 0.416 e. The van der Waals surface area contributed by atoms with E-state index in [1.54, 1.807) is 0 Å². The van der Waals surface area contributed by atoms with E-state index in [-0.39, 0.29) is 23.9 Å². The Labute approximate surface area is 165 Å². The van der Waals surface area contributed by atoms with Gasteiger partial charge in [-0.05, 0) is 19.1 Å². The molecule has 0 saturated carbocycles. The van der Waals surface area contributed by atoms with E-state index >= 15 is 0 Å². The van der Waals surface area contributed by atoms with Crippen molar-refractivity contribution in [1.29, 1.82) is 0 Å². The molecule has 13 heteroatoms. The first kappa shape index (κ1) is 21.6. The first-order valence-corrected chi connectivity index (χ1v) is 8.56. The third-order valence-corrected chi connectivity index (χ3v) is 4.12. The highest BCUT2D eigenvalue weighted by atomic mass is 19.4. The van der Waals surface area contributed by atoms with Crippen molar-refractivity contribution in [3.8, 4) is 5.69 Å². The van der Waals surface area contributed by atoms with Gasteiger partial charge in [-0.15, -0.1) is 5.10 Å². The van der Waals surface area contributed by atoms with Crippen molar-refractivity contribution < 1.29 is 32.2 Å². The number of rotatable bonds is 6. The van der Waals surface area contributed by atoms with Crippen molar-refractivity contribution in [2.45, 2.75) is 38.4 Å². The summed E-state index contributed by atoms with van der Waals surface area (Å²) >= 11 is 0. The lowest BCUT2D eigenvalue weighted by molar-refractivity contribution is -0.207. The molecule has 8 nitrogen and oxygen atoms in total. The molecule has 0 amide bonds. The Hall–Kier alpha value is -3.06. The zero-order valence-electron chi connectivity index (χ0n) is 15.4. The predicted molar refractivity (Wildman–Crippen MR) is 91.8 cm³/mol. The molecule has 0 fully saturated rings. The number of nitrogens with zero attached hydrogens (tertiary/aromatic N) is 5. The van der Waals surface area contributed by atoms with Crippen LogP contribution >= 0.6 is 0 Å². The molecule has 2 N–H and O–H groups in total. The molecule has 0 saturated heterocycles. The number of imidazole rings is 1. The van der Waals surface area contributed by atoms with Crippen LogP contribution in [0.25, 0.3) is 5.69 Å². The molecule has 1 aromatic carbocycles. The van der Waals surface area contributed by atoms with Gasteiger partial charge in [0, 0.05) is 18.5 Å². The van der Waals surface area contributed by atoms with Gasteiger partial charge in [0.2, 0.25) is 0 Å². The zero-order chi connectivity index (χ0) is 22.2. The first-order chi connectivity index (χ1) is 14.0. The number of alkyl halides is 3. The van der Waals surface area contributed by atoms with E-state index in [0.717, 1.165) is 27.6 Å². The van der Waals surface area contributed by atoms with Gasteiger partial charge in [0.1, 0.15) is 17.7 Å². The number of benzene rings is 1. The second-order valence-electron chi connectivity index (χ2n) is 6.52. The maximum atomic E-state index is 13.5. The second-order valence-corrected chi connectivity index (χ2v) is 6.52. The number of aromatic nitrogens is 5. The van der Waals surface area contributed by atoms with Crippen LogP contribution in [0.4, 0.5) is 22.0 Å². The Morgan fingerprint density at radius 1 is 1.07 bits per heavy atom. The zero-order valence-corrected chi connectivity index (χ0v) is 15.4. The molecule has 3 aromatic rings. The highest BCUT2D eigenvalue weighted by molar-refractivity contribution is 5.33. The lowest BCUT2D eigenvalue weighted by atomic mass is 10.3. The van der Waals surface area contributed by atoms with Crippen molar-refractivity contribution in [3.05, 3.63) is 64.4 Å². The van der Waals surface area contributed by atoms with Crippen LogP contribution in [-0.2, 0) is 13.1 Å². The Morgan fingerprint density at radius 2 is 1.67 bits per heavy atom. The van der Waals surface area contributed by atoms with Crippen LogP contribution in [0.1, 0.15) is 24.7 Å². The molecule has 30 heavy (non-hydrogen) atoms. The van der Waals surface area contributed by atoms with E-state index in [0.29, 0.717) is 10.6 Å². The minimum Gasteiger partial charge on any atom is -0.385 e. The van der Waals surface area contributed by atoms with Gasteiger partial charge in [0.05, 0.1) is 18.8 Å². The van der Waals surface area contributed by atoms with Gasteiger partial charge in [-0.1, -0.05) is 0 Å². The van der Waals surface area contributed by atoms with E-state index in [9.17, 15) is 31.9 Å². The molecular formula is C17H16F5N5O3. The highest BCUT2D eigenvalue weighted by Crippen LogP contribution is 2.21. The molecular weight excluding hydrogens is 417 g/mol. The molecule has 162 valence electrons. The van der Waals surface area contributed by atoms with Gasteiger partial charge in [0.15, 0.2) is 17.8 Å². The summed E-state index contributed by atoms with van der Waals surface area (Å²) < 4.78 is 67.2. The van der Waals surface area contributed by atoms with Crippen molar-refractivity contribution >= 4 is 0 Å². The lowest BCUT2D eigenvalue weighted by Crippen LogP contribution is -2.36. The summed E-state index contributed by atoms with van der Waals surface area (Å²) in [5.41, 5.74) is -0.912. The maximum absolute atomic E-state index is 13.5. The SMILES string of the molecule is C[C@H](O)c1nc(Cn2ccn(C[C@H](O)C(F)(F)F)c2=O)nn1-c1cc(F)cc(F)c1. The summed E-state index contributed by atoms with van der Waals surface area (Å²) in [5.74, 6) is -1.85. The van der Waals surface area contributed by atoms with Gasteiger partial charge in [-0.25, -0.2) is 23.2 Å². The standard InChI is InChI=1S/C17H16F5N5O3/c1-9(28)15-23-14(24-27(15)12-5-10(18)4-11(19)6-12)8-26-3-2-25(16(26)30)7-13(29)17(20,21)22/h2-6,9,13,28-29H,7-8H2,1H3/t9-,13-/m0/s1. The molecule has 0 aliphatic heterocycles. The van der Waals surface area contributed by atoms with Gasteiger partial charge in [0.25, 0.3) is 0 Å². The molecule has 0 spiro atoms. The Balaban J connectivity index is 1.91. The predicted octanol–water partition coefficient (Wildman–Crippen LogP) is 1.53. The molecule has 0 radical (unpaired) electrons. The Bertz CT molecular complexity index is 1080. The summed E-state index contributed by atoms with van der Waals surface area (Å²) in [5, 5.41) is 23.1. The van der Waals surface area contributed by atoms with E-state index in [2.05, 4.69) is 10.1 Å². The van der Waals surface area contributed by atoms with Crippen molar-refractivity contribution in [2.75, 3.05) is 0 Å². The fourth-order valence-electron chi connectivity index (χ4n) is 2.71. The number of hydrogen-bond acceptors (Lipinski definition) is 5. The van der Waals surface area contributed by atoms with Gasteiger partial charge < -0.3 is 10.2 Å². The highest BCUT2D eigenvalue weighted by Gasteiger charge is 2.38. The molecule has 0 aliphatic carbocycles. The molecule has 0 aliphatic rings. The second kappa shape index (κ2) is 7.99. The van der Waals surface area contributed by atoms with Crippen LogP contribution in [0.2, 0.25) is 0 Å². The average Bonchev–Trinajstić information content (AvgIpc) is 3.19. The van der Waals surface area contributed by atoms with Crippen LogP contribution in [0, 0.1) is 11.6 Å². The van der Waals surface area contributed by atoms with Gasteiger partial charge in [-0.2, -0.15) is 13.2 Å².